The van der Waals surface area contributed by atoms with Crippen molar-refractivity contribution in [3.05, 3.63) is 11.6 Å². The van der Waals surface area contributed by atoms with Gasteiger partial charge in [0.25, 0.3) is 0 Å². The van der Waals surface area contributed by atoms with Gasteiger partial charge in [0.2, 0.25) is 0 Å². The Bertz CT molecular complexity index is 192. The van der Waals surface area contributed by atoms with Crippen molar-refractivity contribution in [2.45, 2.75) is 32.3 Å². The van der Waals surface area contributed by atoms with E-state index in [1.807, 2.05) is 13.0 Å². The second-order valence-corrected chi connectivity index (χ2v) is 3.56. The number of aliphatic hydroxyl groups is 1. The second kappa shape index (κ2) is 2.78. The van der Waals surface area contributed by atoms with E-state index in [1.54, 1.807) is 6.92 Å². The van der Waals surface area contributed by atoms with Gasteiger partial charge in [-0.2, -0.15) is 0 Å². The van der Waals surface area contributed by atoms with E-state index >= 15 is 0 Å². The SMILES string of the molecule is CC1=CCC(C=O)C(C)(O)C1. The van der Waals surface area contributed by atoms with E-state index in [0.29, 0.717) is 12.8 Å². The summed E-state index contributed by atoms with van der Waals surface area (Å²) in [5.74, 6) is -0.216. The molecule has 0 fully saturated rings. The van der Waals surface area contributed by atoms with Gasteiger partial charge in [0.15, 0.2) is 0 Å². The molecule has 0 amide bonds. The van der Waals surface area contributed by atoms with E-state index in [-0.39, 0.29) is 5.92 Å². The highest BCUT2D eigenvalue weighted by atomic mass is 16.3. The molecule has 0 aromatic rings. The lowest BCUT2D eigenvalue weighted by Gasteiger charge is -2.32. The molecule has 2 nitrogen and oxygen atoms in total. The first-order valence-corrected chi connectivity index (χ1v) is 3.89. The van der Waals surface area contributed by atoms with Crippen molar-refractivity contribution in [3.63, 3.8) is 0 Å². The van der Waals surface area contributed by atoms with Crippen molar-refractivity contribution in [1.82, 2.24) is 0 Å². The Balaban J connectivity index is 2.79. The molecule has 2 heteroatoms. The second-order valence-electron chi connectivity index (χ2n) is 3.56. The standard InChI is InChI=1S/C9H14O2/c1-7-3-4-8(6-10)9(2,11)5-7/h3,6,8,11H,4-5H2,1-2H3. The highest BCUT2D eigenvalue weighted by Gasteiger charge is 2.33. The van der Waals surface area contributed by atoms with Gasteiger partial charge in [0, 0.05) is 5.92 Å². The molecule has 2 atom stereocenters. The first-order chi connectivity index (χ1) is 5.06. The van der Waals surface area contributed by atoms with Gasteiger partial charge in [-0.15, -0.1) is 0 Å². The Morgan fingerprint density at radius 2 is 2.45 bits per heavy atom. The lowest BCUT2D eigenvalue weighted by atomic mass is 9.78. The fourth-order valence-electron chi connectivity index (χ4n) is 1.55. The van der Waals surface area contributed by atoms with Gasteiger partial charge >= 0.3 is 0 Å². The zero-order chi connectivity index (χ0) is 8.48. The summed E-state index contributed by atoms with van der Waals surface area (Å²) >= 11 is 0. The van der Waals surface area contributed by atoms with Crippen LogP contribution in [-0.4, -0.2) is 17.0 Å². The fourth-order valence-corrected chi connectivity index (χ4v) is 1.55. The maximum absolute atomic E-state index is 10.5. The van der Waals surface area contributed by atoms with Crippen LogP contribution in [0.5, 0.6) is 0 Å². The predicted octanol–water partition coefficient (Wildman–Crippen LogP) is 1.29. The first kappa shape index (κ1) is 8.47. The number of allylic oxidation sites excluding steroid dienone is 1. The average Bonchev–Trinajstić information content (AvgIpc) is 1.85. The molecule has 11 heavy (non-hydrogen) atoms. The van der Waals surface area contributed by atoms with Crippen molar-refractivity contribution < 1.29 is 9.90 Å². The Morgan fingerprint density at radius 1 is 1.82 bits per heavy atom. The van der Waals surface area contributed by atoms with Crippen LogP contribution in [0.3, 0.4) is 0 Å². The topological polar surface area (TPSA) is 37.3 Å². The first-order valence-electron chi connectivity index (χ1n) is 3.89. The van der Waals surface area contributed by atoms with Gasteiger partial charge < -0.3 is 9.90 Å². The molecule has 0 aromatic carbocycles. The molecule has 1 N–H and O–H groups in total. The van der Waals surface area contributed by atoms with Gasteiger partial charge in [-0.1, -0.05) is 11.6 Å². The summed E-state index contributed by atoms with van der Waals surface area (Å²) in [6, 6.07) is 0. The number of aldehydes is 1. The van der Waals surface area contributed by atoms with Crippen molar-refractivity contribution in [1.29, 1.82) is 0 Å². The summed E-state index contributed by atoms with van der Waals surface area (Å²) < 4.78 is 0. The normalized spacial score (nSPS) is 38.1. The minimum Gasteiger partial charge on any atom is -0.389 e. The third kappa shape index (κ3) is 1.69. The fraction of sp³-hybridized carbons (Fsp3) is 0.667. The maximum atomic E-state index is 10.5. The molecular weight excluding hydrogens is 140 g/mol. The van der Waals surface area contributed by atoms with Crippen molar-refractivity contribution in [3.8, 4) is 0 Å². The third-order valence-electron chi connectivity index (χ3n) is 2.32. The van der Waals surface area contributed by atoms with Crippen LogP contribution in [0.4, 0.5) is 0 Å². The monoisotopic (exact) mass is 154 g/mol. The zero-order valence-corrected chi connectivity index (χ0v) is 7.00. The smallest absolute Gasteiger partial charge is 0.126 e. The molecule has 2 unspecified atom stereocenters. The van der Waals surface area contributed by atoms with Crippen LogP contribution in [-0.2, 0) is 4.79 Å². The molecule has 0 saturated carbocycles. The van der Waals surface area contributed by atoms with Gasteiger partial charge in [-0.3, -0.25) is 0 Å². The Hall–Kier alpha value is -0.630. The number of carbonyl (C=O) groups excluding carboxylic acids is 1. The van der Waals surface area contributed by atoms with Crippen molar-refractivity contribution in [2.75, 3.05) is 0 Å². The number of rotatable bonds is 1. The average molecular weight is 154 g/mol. The number of carbonyl (C=O) groups is 1. The number of hydrogen-bond acceptors (Lipinski definition) is 2. The van der Waals surface area contributed by atoms with Gasteiger partial charge in [0.05, 0.1) is 5.60 Å². The summed E-state index contributed by atoms with van der Waals surface area (Å²) in [6.07, 6.45) is 4.18. The highest BCUT2D eigenvalue weighted by molar-refractivity contribution is 5.57. The molecule has 0 radical (unpaired) electrons. The Morgan fingerprint density at radius 3 is 2.91 bits per heavy atom. The van der Waals surface area contributed by atoms with Crippen LogP contribution in [0.1, 0.15) is 26.7 Å². The summed E-state index contributed by atoms with van der Waals surface area (Å²) in [6.45, 7) is 3.71. The lowest BCUT2D eigenvalue weighted by Crippen LogP contribution is -2.37. The van der Waals surface area contributed by atoms with Gasteiger partial charge in [-0.25, -0.2) is 0 Å². The molecule has 1 aliphatic carbocycles. The van der Waals surface area contributed by atoms with Gasteiger partial charge in [0.1, 0.15) is 6.29 Å². The van der Waals surface area contributed by atoms with E-state index in [2.05, 4.69) is 0 Å². The molecule has 0 saturated heterocycles. The molecule has 0 spiro atoms. The largest absolute Gasteiger partial charge is 0.389 e. The molecule has 0 aliphatic heterocycles. The van der Waals surface area contributed by atoms with Crippen molar-refractivity contribution >= 4 is 6.29 Å². The van der Waals surface area contributed by atoms with Crippen LogP contribution in [0.25, 0.3) is 0 Å². The minimum atomic E-state index is -0.819. The Kier molecular flexibility index (Phi) is 2.14. The Labute approximate surface area is 66.9 Å². The van der Waals surface area contributed by atoms with Crippen LogP contribution >= 0.6 is 0 Å². The summed E-state index contributed by atoms with van der Waals surface area (Å²) in [5, 5.41) is 9.73. The van der Waals surface area contributed by atoms with Crippen LogP contribution in [0, 0.1) is 5.92 Å². The lowest BCUT2D eigenvalue weighted by molar-refractivity contribution is -0.119. The molecular formula is C9H14O2. The summed E-state index contributed by atoms with van der Waals surface area (Å²) in [4.78, 5) is 10.5. The van der Waals surface area contributed by atoms with E-state index in [4.69, 9.17) is 0 Å². The molecule has 1 aliphatic rings. The van der Waals surface area contributed by atoms with E-state index in [0.717, 1.165) is 6.29 Å². The molecule has 62 valence electrons. The van der Waals surface area contributed by atoms with Crippen LogP contribution < -0.4 is 0 Å². The van der Waals surface area contributed by atoms with Gasteiger partial charge in [-0.05, 0) is 26.7 Å². The molecule has 0 heterocycles. The molecule has 0 aromatic heterocycles. The maximum Gasteiger partial charge on any atom is 0.126 e. The number of hydrogen-bond donors (Lipinski definition) is 1. The quantitative estimate of drug-likeness (QED) is 0.456. The molecule has 0 bridgehead atoms. The summed E-state index contributed by atoms with van der Waals surface area (Å²) in [5.41, 5.74) is 0.355. The zero-order valence-electron chi connectivity index (χ0n) is 7.00. The van der Waals surface area contributed by atoms with Crippen LogP contribution in [0.15, 0.2) is 11.6 Å². The van der Waals surface area contributed by atoms with Crippen LogP contribution in [0.2, 0.25) is 0 Å². The van der Waals surface area contributed by atoms with Crippen molar-refractivity contribution in [2.24, 2.45) is 5.92 Å². The minimum absolute atomic E-state index is 0.216. The van der Waals surface area contributed by atoms with E-state index in [1.165, 1.54) is 5.57 Å². The summed E-state index contributed by atoms with van der Waals surface area (Å²) in [7, 11) is 0. The van der Waals surface area contributed by atoms with E-state index in [9.17, 15) is 9.90 Å². The predicted molar refractivity (Wildman–Crippen MR) is 43.2 cm³/mol. The molecule has 1 rings (SSSR count). The third-order valence-corrected chi connectivity index (χ3v) is 2.32. The van der Waals surface area contributed by atoms with E-state index < -0.39 is 5.60 Å². The highest BCUT2D eigenvalue weighted by Crippen LogP contribution is 2.31.